The molecule has 0 saturated carbocycles. The van der Waals surface area contributed by atoms with Gasteiger partial charge in [0.2, 0.25) is 0 Å². The van der Waals surface area contributed by atoms with Crippen molar-refractivity contribution in [2.75, 3.05) is 6.61 Å². The molecule has 2 aromatic heterocycles. The predicted molar refractivity (Wildman–Crippen MR) is 64.1 cm³/mol. The minimum absolute atomic E-state index is 0.0297. The van der Waals surface area contributed by atoms with Crippen molar-refractivity contribution in [3.05, 3.63) is 18.2 Å². The molecule has 0 aromatic carbocycles. The summed E-state index contributed by atoms with van der Waals surface area (Å²) in [4.78, 5) is 24.3. The molecule has 0 aliphatic rings. The number of carbonyl (C=O) groups excluding carboxylic acids is 1. The van der Waals surface area contributed by atoms with Gasteiger partial charge >= 0.3 is 0 Å². The molecule has 1 amide bonds. The lowest BCUT2D eigenvalue weighted by atomic mass is 10.2. The van der Waals surface area contributed by atoms with Gasteiger partial charge in [0.1, 0.15) is 6.33 Å². The molecule has 9 heteroatoms. The normalized spacial score (nSPS) is 12.5. The van der Waals surface area contributed by atoms with Crippen molar-refractivity contribution in [2.24, 2.45) is 5.90 Å². The molecule has 2 aromatic rings. The quantitative estimate of drug-likeness (QED) is 0.606. The first-order valence-corrected chi connectivity index (χ1v) is 5.67. The number of aromatic nitrogens is 4. The van der Waals surface area contributed by atoms with E-state index < -0.39 is 5.91 Å². The van der Waals surface area contributed by atoms with E-state index in [9.17, 15) is 9.90 Å². The molecule has 102 valence electrons. The number of aromatic hydroxyl groups is 1. The molecule has 9 nitrogen and oxygen atoms in total. The lowest BCUT2D eigenvalue weighted by molar-refractivity contribution is 0.0826. The molecule has 0 aliphatic carbocycles. The molecular weight excluding hydrogens is 252 g/mol. The Morgan fingerprint density at radius 1 is 1.63 bits per heavy atom. The van der Waals surface area contributed by atoms with E-state index in [1.165, 1.54) is 10.8 Å². The molecule has 19 heavy (non-hydrogen) atoms. The van der Waals surface area contributed by atoms with E-state index in [1.54, 1.807) is 0 Å². The first kappa shape index (κ1) is 13.2. The minimum Gasteiger partial charge on any atom is -0.504 e. The van der Waals surface area contributed by atoms with Gasteiger partial charge in [-0.3, -0.25) is 4.79 Å². The number of hydrogen-bond donors (Lipinski definition) is 3. The van der Waals surface area contributed by atoms with Crippen LogP contribution in [0, 0.1) is 0 Å². The summed E-state index contributed by atoms with van der Waals surface area (Å²) in [5.74, 6) is 4.43. The topological polar surface area (TPSA) is 128 Å². The smallest absolute Gasteiger partial charge is 0.274 e. The molecule has 0 fully saturated rings. The highest BCUT2D eigenvalue weighted by molar-refractivity contribution is 5.95. The molecule has 0 aliphatic heterocycles. The van der Waals surface area contributed by atoms with Crippen LogP contribution in [0.2, 0.25) is 0 Å². The van der Waals surface area contributed by atoms with Crippen LogP contribution in [0.1, 0.15) is 23.8 Å². The first-order chi connectivity index (χ1) is 9.17. The number of amides is 1. The molecule has 2 rings (SSSR count). The molecule has 0 radical (unpaired) electrons. The molecule has 0 spiro atoms. The third-order valence-electron chi connectivity index (χ3n) is 2.63. The van der Waals surface area contributed by atoms with Gasteiger partial charge in [0.25, 0.3) is 11.7 Å². The largest absolute Gasteiger partial charge is 0.504 e. The second-order valence-corrected chi connectivity index (χ2v) is 3.88. The third kappa shape index (κ3) is 2.61. The van der Waals surface area contributed by atoms with E-state index in [-0.39, 0.29) is 29.9 Å². The summed E-state index contributed by atoms with van der Waals surface area (Å²) in [5, 5.41) is 16.3. The van der Waals surface area contributed by atoms with Crippen LogP contribution in [-0.4, -0.2) is 43.2 Å². The van der Waals surface area contributed by atoms with Crippen molar-refractivity contribution in [3.63, 3.8) is 0 Å². The highest BCUT2D eigenvalue weighted by Crippen LogP contribution is 2.15. The lowest BCUT2D eigenvalue weighted by Gasteiger charge is -2.15. The van der Waals surface area contributed by atoms with Crippen LogP contribution in [-0.2, 0) is 4.84 Å². The fraction of sp³-hybridized carbons (Fsp3) is 0.400. The Morgan fingerprint density at radius 2 is 2.42 bits per heavy atom. The van der Waals surface area contributed by atoms with Gasteiger partial charge in [0, 0.05) is 0 Å². The van der Waals surface area contributed by atoms with E-state index in [4.69, 9.17) is 5.90 Å². The summed E-state index contributed by atoms with van der Waals surface area (Å²) in [6.45, 7) is 2.05. The number of nitrogens with zero attached hydrogens (tertiary/aromatic N) is 4. The first-order valence-electron chi connectivity index (χ1n) is 5.67. The van der Waals surface area contributed by atoms with E-state index in [0.717, 1.165) is 6.20 Å². The van der Waals surface area contributed by atoms with Gasteiger partial charge in [-0.15, -0.1) is 0 Å². The molecule has 4 N–H and O–H groups in total. The van der Waals surface area contributed by atoms with Crippen LogP contribution in [0.15, 0.2) is 12.5 Å². The fourth-order valence-electron chi connectivity index (χ4n) is 1.61. The van der Waals surface area contributed by atoms with Gasteiger partial charge in [-0.1, -0.05) is 6.92 Å². The molecule has 2 heterocycles. The Hall–Kier alpha value is -2.26. The van der Waals surface area contributed by atoms with Crippen molar-refractivity contribution in [1.82, 2.24) is 24.9 Å². The Kier molecular flexibility index (Phi) is 3.88. The Balaban J connectivity index is 2.30. The van der Waals surface area contributed by atoms with Crippen molar-refractivity contribution in [2.45, 2.75) is 19.4 Å². The number of nitrogens with two attached hydrogens (primary N) is 1. The van der Waals surface area contributed by atoms with Crippen LogP contribution in [0.3, 0.4) is 0 Å². The van der Waals surface area contributed by atoms with E-state index in [0.29, 0.717) is 6.42 Å². The summed E-state index contributed by atoms with van der Waals surface area (Å²) in [7, 11) is 0. The highest BCUT2D eigenvalue weighted by Gasteiger charge is 2.20. The number of rotatable bonds is 5. The monoisotopic (exact) mass is 266 g/mol. The Labute approximate surface area is 108 Å². The maximum Gasteiger partial charge on any atom is 0.274 e. The minimum atomic E-state index is -0.501. The van der Waals surface area contributed by atoms with Crippen molar-refractivity contribution in [3.8, 4) is 5.75 Å². The maximum absolute atomic E-state index is 12.1. The second-order valence-electron chi connectivity index (χ2n) is 3.88. The summed E-state index contributed by atoms with van der Waals surface area (Å²) in [6.07, 6.45) is 3.04. The Bertz CT molecular complexity index is 584. The number of hydrogen-bond acceptors (Lipinski definition) is 7. The van der Waals surface area contributed by atoms with Gasteiger partial charge in [-0.2, -0.15) is 14.6 Å². The second kappa shape index (κ2) is 5.59. The summed E-state index contributed by atoms with van der Waals surface area (Å²) >= 11 is 0. The van der Waals surface area contributed by atoms with E-state index in [1.807, 2.05) is 6.92 Å². The molecular formula is C10H14N6O3. The average molecular weight is 266 g/mol. The standard InChI is InChI=1S/C10H14N6O3/c1-2-6(4-19-11)15-9(18)8-7(17)3-12-10-13-5-14-16(8)10/h3,5-6,17H,2,4,11H2,1H3,(H,15,18). The third-order valence-corrected chi connectivity index (χ3v) is 2.63. The van der Waals surface area contributed by atoms with Crippen LogP contribution < -0.4 is 11.2 Å². The number of fused-ring (bicyclic) bond motifs is 1. The van der Waals surface area contributed by atoms with E-state index in [2.05, 4.69) is 25.2 Å². The number of nitrogens with one attached hydrogen (secondary N) is 1. The summed E-state index contributed by atoms with van der Waals surface area (Å²) in [5.41, 5.74) is -0.0297. The van der Waals surface area contributed by atoms with Crippen molar-refractivity contribution >= 4 is 11.7 Å². The van der Waals surface area contributed by atoms with Gasteiger partial charge < -0.3 is 15.3 Å². The zero-order chi connectivity index (χ0) is 13.8. The van der Waals surface area contributed by atoms with Crippen LogP contribution in [0.5, 0.6) is 5.75 Å². The fourth-order valence-corrected chi connectivity index (χ4v) is 1.61. The van der Waals surface area contributed by atoms with Crippen molar-refractivity contribution < 1.29 is 14.7 Å². The summed E-state index contributed by atoms with van der Waals surface area (Å²) < 4.78 is 1.17. The van der Waals surface area contributed by atoms with E-state index >= 15 is 0 Å². The highest BCUT2D eigenvalue weighted by atomic mass is 16.6. The zero-order valence-electron chi connectivity index (χ0n) is 10.3. The number of carbonyl (C=O) groups is 1. The molecule has 0 bridgehead atoms. The van der Waals surface area contributed by atoms with Crippen molar-refractivity contribution in [1.29, 1.82) is 0 Å². The van der Waals surface area contributed by atoms with Gasteiger partial charge in [0.15, 0.2) is 11.4 Å². The average Bonchev–Trinajstić information content (AvgIpc) is 2.85. The predicted octanol–water partition coefficient (Wildman–Crippen LogP) is -0.771. The Morgan fingerprint density at radius 3 is 3.11 bits per heavy atom. The van der Waals surface area contributed by atoms with Gasteiger partial charge in [-0.05, 0) is 6.42 Å². The lowest BCUT2D eigenvalue weighted by Crippen LogP contribution is -2.39. The van der Waals surface area contributed by atoms with Crippen LogP contribution >= 0.6 is 0 Å². The molecule has 1 atom stereocenters. The SMILES string of the molecule is CCC(CON)NC(=O)c1c(O)cnc2ncnn12. The van der Waals surface area contributed by atoms with Crippen LogP contribution in [0.25, 0.3) is 5.78 Å². The summed E-state index contributed by atoms with van der Waals surface area (Å²) in [6, 6.07) is -0.261. The zero-order valence-corrected chi connectivity index (χ0v) is 10.3. The van der Waals surface area contributed by atoms with Crippen LogP contribution in [0.4, 0.5) is 0 Å². The van der Waals surface area contributed by atoms with Gasteiger partial charge in [-0.25, -0.2) is 10.9 Å². The van der Waals surface area contributed by atoms with Gasteiger partial charge in [0.05, 0.1) is 18.8 Å². The maximum atomic E-state index is 12.1. The molecule has 0 saturated heterocycles. The molecule has 1 unspecified atom stereocenters.